The van der Waals surface area contributed by atoms with Crippen LogP contribution in [0.5, 0.6) is 5.75 Å². The average molecular weight is 359 g/mol. The largest absolute Gasteiger partial charge is 0.463 e. The number of rotatable bonds is 6. The molecule has 0 radical (unpaired) electrons. The first-order chi connectivity index (χ1) is 12.0. The van der Waals surface area contributed by atoms with Gasteiger partial charge in [0.05, 0.1) is 12.2 Å². The second kappa shape index (κ2) is 8.80. The van der Waals surface area contributed by atoms with Gasteiger partial charge in [-0.1, -0.05) is 12.1 Å². The van der Waals surface area contributed by atoms with Crippen molar-refractivity contribution >= 4 is 34.9 Å². The van der Waals surface area contributed by atoms with Crippen molar-refractivity contribution in [3.05, 3.63) is 71.3 Å². The van der Waals surface area contributed by atoms with Gasteiger partial charge < -0.3 is 9.47 Å². The van der Waals surface area contributed by atoms with Crippen molar-refractivity contribution in [1.29, 1.82) is 0 Å². The number of benzene rings is 2. The minimum absolute atomic E-state index is 0.304. The van der Waals surface area contributed by atoms with Crippen LogP contribution in [-0.2, 0) is 9.53 Å². The fourth-order valence-electron chi connectivity index (χ4n) is 1.90. The van der Waals surface area contributed by atoms with E-state index in [1.807, 2.05) is 0 Å². The molecule has 0 aromatic heterocycles. The second-order valence-electron chi connectivity index (χ2n) is 4.89. The van der Waals surface area contributed by atoms with Gasteiger partial charge in [-0.15, -0.1) is 0 Å². The summed E-state index contributed by atoms with van der Waals surface area (Å²) in [6, 6.07) is 12.5. The molecule has 5 nitrogen and oxygen atoms in total. The highest BCUT2D eigenvalue weighted by molar-refractivity contribution is 6.67. The molecule has 0 spiro atoms. The lowest BCUT2D eigenvalue weighted by Gasteiger charge is -2.05. The van der Waals surface area contributed by atoms with Crippen LogP contribution in [0.25, 0.3) is 6.08 Å². The molecule has 0 atom stereocenters. The SMILES string of the molecule is CCOC(=O)/C=C/c1ccc(C(=O)Oc2ccc(C(=O)Cl)cc2)cc1. The Morgan fingerprint density at radius 1 is 0.960 bits per heavy atom. The Kier molecular flexibility index (Phi) is 6.48. The molecule has 0 N–H and O–H groups in total. The number of esters is 2. The van der Waals surface area contributed by atoms with Crippen LogP contribution in [0, 0.1) is 0 Å². The molecular weight excluding hydrogens is 344 g/mol. The Bertz CT molecular complexity index is 792. The Labute approximate surface area is 149 Å². The number of carbonyl (C=O) groups excluding carboxylic acids is 3. The number of ether oxygens (including phenoxy) is 2. The fraction of sp³-hybridized carbons (Fsp3) is 0.105. The average Bonchev–Trinajstić information content (AvgIpc) is 2.61. The van der Waals surface area contributed by atoms with Gasteiger partial charge in [-0.05, 0) is 66.6 Å². The number of hydrogen-bond donors (Lipinski definition) is 0. The van der Waals surface area contributed by atoms with Gasteiger partial charge >= 0.3 is 11.9 Å². The van der Waals surface area contributed by atoms with Gasteiger partial charge in [-0.2, -0.15) is 0 Å². The fourth-order valence-corrected chi connectivity index (χ4v) is 2.03. The molecule has 0 unspecified atom stereocenters. The Hall–Kier alpha value is -2.92. The highest BCUT2D eigenvalue weighted by atomic mass is 35.5. The predicted molar refractivity (Wildman–Crippen MR) is 93.7 cm³/mol. The normalized spacial score (nSPS) is 10.5. The zero-order valence-corrected chi connectivity index (χ0v) is 14.2. The van der Waals surface area contributed by atoms with Gasteiger partial charge in [0.2, 0.25) is 0 Å². The molecule has 2 aromatic rings. The molecule has 25 heavy (non-hydrogen) atoms. The van der Waals surface area contributed by atoms with E-state index in [4.69, 9.17) is 21.1 Å². The van der Waals surface area contributed by atoms with Gasteiger partial charge in [-0.25, -0.2) is 9.59 Å². The molecule has 2 rings (SSSR count). The summed E-state index contributed by atoms with van der Waals surface area (Å²) in [6.07, 6.45) is 2.91. The number of hydrogen-bond acceptors (Lipinski definition) is 5. The first kappa shape index (κ1) is 18.4. The maximum atomic E-state index is 12.1. The van der Waals surface area contributed by atoms with Crippen molar-refractivity contribution in [1.82, 2.24) is 0 Å². The minimum Gasteiger partial charge on any atom is -0.463 e. The van der Waals surface area contributed by atoms with Crippen molar-refractivity contribution in [2.45, 2.75) is 6.92 Å². The lowest BCUT2D eigenvalue weighted by molar-refractivity contribution is -0.137. The topological polar surface area (TPSA) is 69.7 Å². The van der Waals surface area contributed by atoms with Gasteiger partial charge in [-0.3, -0.25) is 4.79 Å². The standard InChI is InChI=1S/C19H15ClO5/c1-2-24-17(21)12-5-13-3-6-15(7-4-13)19(23)25-16-10-8-14(9-11-16)18(20)22/h3-12H,2H2,1H3/b12-5+. The molecule has 0 saturated heterocycles. The van der Waals surface area contributed by atoms with Crippen LogP contribution in [0.15, 0.2) is 54.6 Å². The van der Waals surface area contributed by atoms with Gasteiger partial charge in [0.1, 0.15) is 5.75 Å². The maximum Gasteiger partial charge on any atom is 0.343 e. The summed E-state index contributed by atoms with van der Waals surface area (Å²) in [6.45, 7) is 2.04. The molecule has 128 valence electrons. The first-order valence-corrected chi connectivity index (χ1v) is 7.84. The maximum absolute atomic E-state index is 12.1. The quantitative estimate of drug-likeness (QED) is 0.339. The summed E-state index contributed by atoms with van der Waals surface area (Å²) < 4.78 is 10.0. The van der Waals surface area contributed by atoms with Gasteiger partial charge in [0, 0.05) is 11.6 Å². The molecule has 0 fully saturated rings. The molecule has 0 saturated carbocycles. The van der Waals surface area contributed by atoms with E-state index in [-0.39, 0.29) is 0 Å². The van der Waals surface area contributed by atoms with E-state index in [0.29, 0.717) is 23.5 Å². The summed E-state index contributed by atoms with van der Waals surface area (Å²) in [4.78, 5) is 34.3. The summed E-state index contributed by atoms with van der Waals surface area (Å²) in [7, 11) is 0. The van der Waals surface area contributed by atoms with Crippen LogP contribution in [0.3, 0.4) is 0 Å². The minimum atomic E-state index is -0.579. The van der Waals surface area contributed by atoms with Crippen LogP contribution in [0.2, 0.25) is 0 Å². The smallest absolute Gasteiger partial charge is 0.343 e. The lowest BCUT2D eigenvalue weighted by Crippen LogP contribution is -2.08. The van der Waals surface area contributed by atoms with E-state index in [9.17, 15) is 14.4 Å². The monoisotopic (exact) mass is 358 g/mol. The van der Waals surface area contributed by atoms with Crippen LogP contribution in [-0.4, -0.2) is 23.8 Å². The zero-order valence-electron chi connectivity index (χ0n) is 13.4. The molecule has 6 heteroatoms. The predicted octanol–water partition coefficient (Wildman–Crippen LogP) is 3.86. The third-order valence-corrected chi connectivity index (χ3v) is 3.35. The highest BCUT2D eigenvalue weighted by Crippen LogP contribution is 2.16. The zero-order chi connectivity index (χ0) is 18.2. The van der Waals surface area contributed by atoms with Crippen LogP contribution >= 0.6 is 11.6 Å². The molecule has 0 aliphatic heterocycles. The van der Waals surface area contributed by atoms with Crippen molar-refractivity contribution in [3.8, 4) is 5.75 Å². The van der Waals surface area contributed by atoms with Crippen LogP contribution in [0.4, 0.5) is 0 Å². The van der Waals surface area contributed by atoms with Crippen molar-refractivity contribution < 1.29 is 23.9 Å². The van der Waals surface area contributed by atoms with Crippen molar-refractivity contribution in [2.24, 2.45) is 0 Å². The van der Waals surface area contributed by atoms with Crippen molar-refractivity contribution in [3.63, 3.8) is 0 Å². The molecule has 0 heterocycles. The molecule has 0 aliphatic rings. The first-order valence-electron chi connectivity index (χ1n) is 7.46. The summed E-state index contributed by atoms with van der Waals surface area (Å²) in [5, 5.41) is -0.579. The number of carbonyl (C=O) groups is 3. The molecule has 0 bridgehead atoms. The Balaban J connectivity index is 2.00. The van der Waals surface area contributed by atoms with E-state index in [0.717, 1.165) is 5.56 Å². The van der Waals surface area contributed by atoms with E-state index < -0.39 is 17.2 Å². The molecular formula is C19H15ClO5. The third-order valence-electron chi connectivity index (χ3n) is 3.14. The number of halogens is 1. The van der Waals surface area contributed by atoms with Gasteiger partial charge in [0.15, 0.2) is 0 Å². The van der Waals surface area contributed by atoms with Crippen LogP contribution in [0.1, 0.15) is 33.2 Å². The summed E-state index contributed by atoms with van der Waals surface area (Å²) >= 11 is 5.35. The van der Waals surface area contributed by atoms with E-state index in [1.165, 1.54) is 30.3 Å². The molecule has 0 aliphatic carbocycles. The summed E-state index contributed by atoms with van der Waals surface area (Å²) in [5.74, 6) is -0.659. The highest BCUT2D eigenvalue weighted by Gasteiger charge is 2.09. The molecule has 0 amide bonds. The second-order valence-corrected chi connectivity index (χ2v) is 5.24. The Morgan fingerprint density at radius 3 is 2.12 bits per heavy atom. The van der Waals surface area contributed by atoms with Gasteiger partial charge in [0.25, 0.3) is 5.24 Å². The lowest BCUT2D eigenvalue weighted by atomic mass is 10.1. The van der Waals surface area contributed by atoms with Crippen molar-refractivity contribution in [2.75, 3.05) is 6.61 Å². The van der Waals surface area contributed by atoms with E-state index >= 15 is 0 Å². The van der Waals surface area contributed by atoms with E-state index in [2.05, 4.69) is 0 Å². The van der Waals surface area contributed by atoms with E-state index in [1.54, 1.807) is 37.3 Å². The third kappa shape index (κ3) is 5.58. The summed E-state index contributed by atoms with van der Waals surface area (Å²) in [5.41, 5.74) is 1.42. The Morgan fingerprint density at radius 2 is 1.56 bits per heavy atom. The van der Waals surface area contributed by atoms with Crippen LogP contribution < -0.4 is 4.74 Å². The molecule has 2 aromatic carbocycles.